The number of hydrogen-bond donors (Lipinski definition) is 1. The molecule has 1 fully saturated rings. The normalized spacial score (nSPS) is 18.7. The van der Waals surface area contributed by atoms with Crippen LogP contribution in [0.15, 0.2) is 51.9 Å². The summed E-state index contributed by atoms with van der Waals surface area (Å²) in [6.45, 7) is 0. The molecule has 0 bridgehead atoms. The summed E-state index contributed by atoms with van der Waals surface area (Å²) in [6.07, 6.45) is 0.0936. The third kappa shape index (κ3) is 5.25. The summed E-state index contributed by atoms with van der Waals surface area (Å²) in [7, 11) is 1.63. The molecular weight excluding hydrogens is 473 g/mol. The highest BCUT2D eigenvalue weighted by Crippen LogP contribution is 2.31. The molecule has 9 heteroatoms. The number of carbonyl (C=O) groups excluding carboxylic acids is 2. The molecule has 0 aromatic heterocycles. The maximum absolute atomic E-state index is 12.6. The predicted molar refractivity (Wildman–Crippen MR) is 115 cm³/mol. The smallest absolute Gasteiger partial charge is 0.238 e. The zero-order valence-electron chi connectivity index (χ0n) is 14.1. The van der Waals surface area contributed by atoms with Gasteiger partial charge in [0.2, 0.25) is 11.8 Å². The van der Waals surface area contributed by atoms with Crippen molar-refractivity contribution in [2.24, 2.45) is 4.99 Å². The van der Waals surface area contributed by atoms with E-state index in [1.165, 1.54) is 16.7 Å². The van der Waals surface area contributed by atoms with Gasteiger partial charge >= 0.3 is 0 Å². The van der Waals surface area contributed by atoms with E-state index in [-0.39, 0.29) is 18.2 Å². The highest BCUT2D eigenvalue weighted by molar-refractivity contribution is 9.10. The average molecular weight is 487 g/mol. The van der Waals surface area contributed by atoms with Gasteiger partial charge in [-0.25, -0.2) is 4.99 Å². The van der Waals surface area contributed by atoms with Crippen molar-refractivity contribution in [3.63, 3.8) is 0 Å². The van der Waals surface area contributed by atoms with Crippen molar-refractivity contribution in [1.29, 1.82) is 0 Å². The van der Waals surface area contributed by atoms with E-state index in [1.807, 2.05) is 12.1 Å². The molecule has 1 heterocycles. The Hall–Kier alpha value is -1.54. The summed E-state index contributed by atoms with van der Waals surface area (Å²) in [4.78, 5) is 30.9. The van der Waals surface area contributed by atoms with Crippen molar-refractivity contribution in [3.05, 3.63) is 57.0 Å². The van der Waals surface area contributed by atoms with Crippen molar-refractivity contribution >= 4 is 79.3 Å². The number of rotatable bonds is 3. The Morgan fingerprint density at radius 1 is 1.26 bits per heavy atom. The second-order valence-electron chi connectivity index (χ2n) is 5.78. The number of thioether (sulfide) groups is 1. The lowest BCUT2D eigenvalue weighted by molar-refractivity contribution is -0.128. The topological polar surface area (TPSA) is 61.8 Å². The van der Waals surface area contributed by atoms with Gasteiger partial charge in [0, 0.05) is 33.7 Å². The highest BCUT2D eigenvalue weighted by Gasteiger charge is 2.34. The van der Waals surface area contributed by atoms with Crippen molar-refractivity contribution in [2.75, 3.05) is 12.4 Å². The van der Waals surface area contributed by atoms with Gasteiger partial charge in [-0.05, 0) is 36.4 Å². The molecular formula is C18H14BrCl2N3O2S. The Kier molecular flexibility index (Phi) is 6.47. The van der Waals surface area contributed by atoms with Gasteiger partial charge in [-0.3, -0.25) is 14.5 Å². The summed E-state index contributed by atoms with van der Waals surface area (Å²) in [5.74, 6) is -0.439. The molecule has 0 saturated carbocycles. The molecule has 1 aliphatic rings. The number of benzene rings is 2. The van der Waals surface area contributed by atoms with Crippen LogP contribution in [0.5, 0.6) is 0 Å². The van der Waals surface area contributed by atoms with Crippen LogP contribution in [0.1, 0.15) is 6.42 Å². The molecule has 1 atom stereocenters. The number of hydrogen-bond acceptors (Lipinski definition) is 4. The molecule has 1 N–H and O–H groups in total. The first-order valence-corrected chi connectivity index (χ1v) is 10.3. The molecule has 1 saturated heterocycles. The van der Waals surface area contributed by atoms with Crippen LogP contribution in [0.4, 0.5) is 11.4 Å². The van der Waals surface area contributed by atoms with Gasteiger partial charge < -0.3 is 5.32 Å². The first kappa shape index (κ1) is 20.2. The lowest BCUT2D eigenvalue weighted by atomic mass is 10.2. The third-order valence-corrected chi connectivity index (χ3v) is 5.90. The zero-order chi connectivity index (χ0) is 19.6. The van der Waals surface area contributed by atoms with Gasteiger partial charge in [0.25, 0.3) is 0 Å². The van der Waals surface area contributed by atoms with Crippen LogP contribution in [-0.2, 0) is 9.59 Å². The summed E-state index contributed by atoms with van der Waals surface area (Å²) in [6, 6.07) is 12.2. The molecule has 1 aliphatic heterocycles. The van der Waals surface area contributed by atoms with E-state index in [2.05, 4.69) is 26.2 Å². The number of carbonyl (C=O) groups is 2. The molecule has 1 unspecified atom stereocenters. The molecule has 5 nitrogen and oxygen atoms in total. The van der Waals surface area contributed by atoms with Crippen LogP contribution in [0, 0.1) is 0 Å². The molecule has 140 valence electrons. The minimum absolute atomic E-state index is 0.0936. The lowest BCUT2D eigenvalue weighted by Crippen LogP contribution is -2.43. The van der Waals surface area contributed by atoms with E-state index in [0.29, 0.717) is 26.6 Å². The van der Waals surface area contributed by atoms with E-state index in [4.69, 9.17) is 23.2 Å². The number of amidine groups is 1. The number of amides is 2. The molecule has 0 radical (unpaired) electrons. The monoisotopic (exact) mass is 485 g/mol. The number of nitrogens with one attached hydrogen (secondary N) is 1. The molecule has 2 aromatic rings. The van der Waals surface area contributed by atoms with Crippen LogP contribution < -0.4 is 5.32 Å². The first-order chi connectivity index (χ1) is 12.8. The fourth-order valence-corrected chi connectivity index (χ4v) is 4.38. The fourth-order valence-electron chi connectivity index (χ4n) is 2.40. The van der Waals surface area contributed by atoms with Crippen LogP contribution in [0.2, 0.25) is 10.0 Å². The minimum Gasteiger partial charge on any atom is -0.325 e. The van der Waals surface area contributed by atoms with Crippen LogP contribution in [-0.4, -0.2) is 34.2 Å². The maximum Gasteiger partial charge on any atom is 0.238 e. The molecule has 0 spiro atoms. The zero-order valence-corrected chi connectivity index (χ0v) is 18.0. The van der Waals surface area contributed by atoms with E-state index in [9.17, 15) is 9.59 Å². The second-order valence-corrected chi connectivity index (χ2v) is 8.74. The lowest BCUT2D eigenvalue weighted by Gasteiger charge is -2.28. The largest absolute Gasteiger partial charge is 0.325 e. The van der Waals surface area contributed by atoms with Gasteiger partial charge in [0.05, 0.1) is 5.69 Å². The Labute approximate surface area is 179 Å². The second kappa shape index (κ2) is 8.65. The summed E-state index contributed by atoms with van der Waals surface area (Å²) in [5, 5.41) is 3.56. The Morgan fingerprint density at radius 3 is 2.63 bits per heavy atom. The fraction of sp³-hybridized carbons (Fsp3) is 0.167. The van der Waals surface area contributed by atoms with E-state index in [1.54, 1.807) is 37.4 Å². The summed E-state index contributed by atoms with van der Waals surface area (Å²) in [5.41, 5.74) is 1.17. The first-order valence-electron chi connectivity index (χ1n) is 7.86. The Balaban J connectivity index is 1.81. The highest BCUT2D eigenvalue weighted by atomic mass is 79.9. The van der Waals surface area contributed by atoms with E-state index >= 15 is 0 Å². The minimum atomic E-state index is -0.582. The van der Waals surface area contributed by atoms with Crippen LogP contribution >= 0.6 is 50.9 Å². The molecule has 0 aliphatic carbocycles. The molecule has 2 aromatic carbocycles. The van der Waals surface area contributed by atoms with Gasteiger partial charge in [-0.2, -0.15) is 0 Å². The number of anilines is 1. The Bertz CT molecular complexity index is 918. The predicted octanol–water partition coefficient (Wildman–Crippen LogP) is 5.35. The van der Waals surface area contributed by atoms with Crippen LogP contribution in [0.3, 0.4) is 0 Å². The van der Waals surface area contributed by atoms with Crippen molar-refractivity contribution < 1.29 is 9.59 Å². The quantitative estimate of drug-likeness (QED) is 0.636. The maximum atomic E-state index is 12.6. The van der Waals surface area contributed by atoms with Gasteiger partial charge in [0.1, 0.15) is 5.25 Å². The number of halogens is 3. The number of aliphatic imine (C=N–C) groups is 1. The summed E-state index contributed by atoms with van der Waals surface area (Å²) < 4.78 is 0.854. The molecule has 3 rings (SSSR count). The third-order valence-electron chi connectivity index (χ3n) is 3.73. The van der Waals surface area contributed by atoms with Crippen molar-refractivity contribution in [3.8, 4) is 0 Å². The van der Waals surface area contributed by atoms with E-state index in [0.717, 1.165) is 4.47 Å². The van der Waals surface area contributed by atoms with Gasteiger partial charge in [-0.1, -0.05) is 57.0 Å². The number of nitrogens with zero attached hydrogens (tertiary/aromatic N) is 2. The standard InChI is InChI=1S/C18H14BrCl2N3O2S/c1-24-16(25)9-15(17(26)22-13-4-2-3-10(19)5-13)27-18(24)23-14-7-11(20)6-12(21)8-14/h2-8,15H,9H2,1H3,(H,22,26). The summed E-state index contributed by atoms with van der Waals surface area (Å²) >= 11 is 16.6. The Morgan fingerprint density at radius 2 is 1.96 bits per heavy atom. The van der Waals surface area contributed by atoms with Gasteiger partial charge in [0.15, 0.2) is 5.17 Å². The molecule has 2 amide bonds. The van der Waals surface area contributed by atoms with Crippen LogP contribution in [0.25, 0.3) is 0 Å². The molecule has 27 heavy (non-hydrogen) atoms. The van der Waals surface area contributed by atoms with E-state index < -0.39 is 5.25 Å². The SMILES string of the molecule is CN1C(=O)CC(C(=O)Nc2cccc(Br)c2)SC1=Nc1cc(Cl)cc(Cl)c1. The van der Waals surface area contributed by atoms with Crippen molar-refractivity contribution in [1.82, 2.24) is 4.90 Å². The van der Waals surface area contributed by atoms with Crippen molar-refractivity contribution in [2.45, 2.75) is 11.7 Å². The van der Waals surface area contributed by atoms with Gasteiger partial charge in [-0.15, -0.1) is 0 Å². The average Bonchev–Trinajstić information content (AvgIpc) is 2.58.